The molecule has 0 bridgehead atoms. The van der Waals surface area contributed by atoms with Crippen LogP contribution in [0.1, 0.15) is 50.3 Å². The topological polar surface area (TPSA) is 116 Å². The molecule has 2 heterocycles. The number of anilines is 1. The number of carbonyl (C=O) groups excluding carboxylic acids is 4. The van der Waals surface area contributed by atoms with Gasteiger partial charge < -0.3 is 9.84 Å². The number of phenolic OH excluding ortho intramolecular Hbond substituents is 1. The molecule has 3 aromatic carbocycles. The van der Waals surface area contributed by atoms with Crippen LogP contribution in [-0.4, -0.2) is 51.3 Å². The molecule has 1 saturated carbocycles. The van der Waals surface area contributed by atoms with E-state index in [4.69, 9.17) is 4.74 Å². The quantitative estimate of drug-likeness (QED) is 0.245. The van der Waals surface area contributed by atoms with Crippen molar-refractivity contribution < 1.29 is 29.0 Å². The number of ether oxygens (including phenoxy) is 1. The van der Waals surface area contributed by atoms with Crippen molar-refractivity contribution in [3.05, 3.63) is 107 Å². The number of aromatic hydroxyl groups is 1. The molecule has 4 aliphatic rings. The average molecular weight is 660 g/mol. The van der Waals surface area contributed by atoms with E-state index in [0.29, 0.717) is 23.4 Å². The molecule has 0 radical (unpaired) electrons. The largest absolute Gasteiger partial charge is 0.504 e. The summed E-state index contributed by atoms with van der Waals surface area (Å²) in [5.41, 5.74) is 5.05. The van der Waals surface area contributed by atoms with Gasteiger partial charge in [-0.25, -0.2) is 0 Å². The molecule has 252 valence electrons. The van der Waals surface area contributed by atoms with Crippen LogP contribution in [0.2, 0.25) is 0 Å². The summed E-state index contributed by atoms with van der Waals surface area (Å²) in [7, 11) is 1.48. The number of fused-ring (bicyclic) bond motifs is 4. The van der Waals surface area contributed by atoms with Crippen molar-refractivity contribution in [3.8, 4) is 11.5 Å². The second kappa shape index (κ2) is 11.8. The fourth-order valence-electron chi connectivity index (χ4n) is 8.66. The van der Waals surface area contributed by atoms with E-state index in [1.54, 1.807) is 18.2 Å². The Bertz CT molecular complexity index is 1910. The van der Waals surface area contributed by atoms with Gasteiger partial charge in [-0.3, -0.25) is 29.5 Å². The summed E-state index contributed by atoms with van der Waals surface area (Å²) in [6, 6.07) is 21.9. The van der Waals surface area contributed by atoms with Gasteiger partial charge in [0.05, 0.1) is 36.0 Å². The highest BCUT2D eigenvalue weighted by Crippen LogP contribution is 2.61. The summed E-state index contributed by atoms with van der Waals surface area (Å²) in [6.07, 6.45) is 6.49. The van der Waals surface area contributed by atoms with E-state index >= 15 is 4.79 Å². The van der Waals surface area contributed by atoms with Crippen LogP contribution in [0.4, 0.5) is 5.69 Å². The number of likely N-dealkylation sites (tertiary alicyclic amines) is 1. The molecule has 9 heteroatoms. The van der Waals surface area contributed by atoms with Crippen molar-refractivity contribution in [1.82, 2.24) is 9.91 Å². The molecular weight excluding hydrogens is 618 g/mol. The van der Waals surface area contributed by atoms with Crippen LogP contribution in [0.3, 0.4) is 0 Å². The number of nitrogens with zero attached hydrogens (tertiary/aromatic N) is 2. The molecule has 6 atom stereocenters. The third kappa shape index (κ3) is 4.97. The summed E-state index contributed by atoms with van der Waals surface area (Å²) in [5, 5.41) is 11.4. The van der Waals surface area contributed by atoms with Crippen molar-refractivity contribution >= 4 is 35.4 Å². The van der Waals surface area contributed by atoms with Gasteiger partial charge in [-0.05, 0) is 81.8 Å². The molecule has 0 aromatic heterocycles. The first-order chi connectivity index (χ1) is 23.4. The molecule has 4 amide bonds. The van der Waals surface area contributed by atoms with Gasteiger partial charge in [0.2, 0.25) is 11.8 Å². The lowest BCUT2D eigenvalue weighted by molar-refractivity contribution is -0.146. The zero-order chi connectivity index (χ0) is 34.8. The van der Waals surface area contributed by atoms with Gasteiger partial charge in [0, 0.05) is 11.5 Å². The molecule has 2 aliphatic carbocycles. The highest BCUT2D eigenvalue weighted by atomic mass is 16.5. The van der Waals surface area contributed by atoms with Gasteiger partial charge >= 0.3 is 0 Å². The maximum absolute atomic E-state index is 15.1. The number of nitrogens with one attached hydrogen (secondary N) is 1. The smallest absolute Gasteiger partial charge is 0.260 e. The number of aryl methyl sites for hydroxylation is 1. The normalized spacial score (nSPS) is 28.0. The Balaban J connectivity index is 1.41. The number of benzene rings is 3. The Hall–Kier alpha value is -5.18. The zero-order valence-electron chi connectivity index (χ0n) is 28.3. The number of rotatable bonds is 6. The van der Waals surface area contributed by atoms with Crippen LogP contribution in [0.15, 0.2) is 90.5 Å². The molecule has 0 spiro atoms. The van der Waals surface area contributed by atoms with E-state index in [-0.39, 0.29) is 35.8 Å². The van der Waals surface area contributed by atoms with Crippen molar-refractivity contribution in [2.75, 3.05) is 12.5 Å². The highest BCUT2D eigenvalue weighted by Gasteiger charge is 2.69. The monoisotopic (exact) mass is 659 g/mol. The van der Waals surface area contributed by atoms with Gasteiger partial charge in [0.1, 0.15) is 0 Å². The average Bonchev–Trinajstić information content (AvgIpc) is 3.47. The van der Waals surface area contributed by atoms with Gasteiger partial charge in [0.25, 0.3) is 11.8 Å². The van der Waals surface area contributed by atoms with Crippen LogP contribution >= 0.6 is 0 Å². The lowest BCUT2D eigenvalue weighted by atomic mass is 9.50. The maximum atomic E-state index is 15.1. The van der Waals surface area contributed by atoms with Crippen LogP contribution < -0.4 is 10.2 Å². The second-order valence-electron chi connectivity index (χ2n) is 14.6. The van der Waals surface area contributed by atoms with E-state index in [0.717, 1.165) is 21.7 Å². The van der Waals surface area contributed by atoms with Gasteiger partial charge in [-0.15, -0.1) is 0 Å². The molecule has 2 aliphatic heterocycles. The van der Waals surface area contributed by atoms with Crippen molar-refractivity contribution in [2.24, 2.45) is 29.6 Å². The van der Waals surface area contributed by atoms with Crippen molar-refractivity contribution in [2.45, 2.75) is 51.5 Å². The number of hydrogen-bond acceptors (Lipinski definition) is 7. The minimum atomic E-state index is -1.34. The van der Waals surface area contributed by atoms with Gasteiger partial charge in [-0.1, -0.05) is 77.9 Å². The molecule has 2 N–H and O–H groups in total. The first-order valence-corrected chi connectivity index (χ1v) is 16.8. The van der Waals surface area contributed by atoms with Crippen molar-refractivity contribution in [3.63, 3.8) is 0 Å². The fraction of sp³-hybridized carbons (Fsp3) is 0.350. The highest BCUT2D eigenvalue weighted by molar-refractivity contribution is 6.13. The number of hydrogen-bond donors (Lipinski definition) is 2. The molecule has 49 heavy (non-hydrogen) atoms. The van der Waals surface area contributed by atoms with Gasteiger partial charge in [0.15, 0.2) is 11.5 Å². The minimum absolute atomic E-state index is 0.00133. The van der Waals surface area contributed by atoms with Crippen molar-refractivity contribution in [1.29, 1.82) is 0 Å². The molecule has 3 fully saturated rings. The molecular formula is C40H41N3O6. The number of methoxy groups -OCH3 is 1. The lowest BCUT2D eigenvalue weighted by Crippen LogP contribution is -2.54. The maximum Gasteiger partial charge on any atom is 0.260 e. The number of imide groups is 2. The third-order valence-corrected chi connectivity index (χ3v) is 10.8. The first kappa shape index (κ1) is 32.4. The molecule has 9 nitrogen and oxygen atoms in total. The van der Waals surface area contributed by atoms with Crippen LogP contribution in [0.25, 0.3) is 6.08 Å². The number of amides is 4. The second-order valence-corrected chi connectivity index (χ2v) is 14.6. The van der Waals surface area contributed by atoms with Crippen LogP contribution in [-0.2, 0) is 24.6 Å². The predicted octanol–water partition coefficient (Wildman–Crippen LogP) is 6.04. The van der Waals surface area contributed by atoms with E-state index in [9.17, 15) is 19.5 Å². The molecule has 0 unspecified atom stereocenters. The summed E-state index contributed by atoms with van der Waals surface area (Å²) in [4.78, 5) is 59.1. The fourth-order valence-corrected chi connectivity index (χ4v) is 8.66. The minimum Gasteiger partial charge on any atom is -0.504 e. The number of hydrazine groups is 1. The van der Waals surface area contributed by atoms with E-state index in [1.165, 1.54) is 12.0 Å². The van der Waals surface area contributed by atoms with Crippen LogP contribution in [0, 0.1) is 36.5 Å². The summed E-state index contributed by atoms with van der Waals surface area (Å²) < 4.78 is 5.35. The Morgan fingerprint density at radius 3 is 2.31 bits per heavy atom. The van der Waals surface area contributed by atoms with Crippen LogP contribution in [0.5, 0.6) is 11.5 Å². The SMILES string of the molecule is COc1cc(C=C[C@H]2C3=CC[C@@H]4C(=O)N(C(C)(C)C)C(=O)[C@@H]4[C@@H]3C[C@H]3C(=O)N(Nc4ccc(C)cc4)C(=O)[C@@]23c2ccccc2)ccc1O. The standard InChI is InChI=1S/C40H41N3O6/c1-23-11-15-26(16-12-23)41-43-36(46)31-22-29-27(17-18-28-34(29)37(47)42(35(28)45)39(2,3)4)30(19-13-24-14-20-32(44)33(21-24)49-5)40(31,38(43)48)25-9-7-6-8-10-25/h6-17,19-21,28-31,34,41,44H,18,22H2,1-5H3/t28-,29+,30-,31-,34-,40-/m0/s1. The number of allylic oxidation sites excluding steroid dienone is 3. The molecule has 2 saturated heterocycles. The van der Waals surface area contributed by atoms with E-state index < -0.39 is 40.5 Å². The Morgan fingerprint density at radius 1 is 0.918 bits per heavy atom. The molecule has 3 aromatic rings. The van der Waals surface area contributed by atoms with E-state index in [2.05, 4.69) is 5.43 Å². The molecule has 7 rings (SSSR count). The Kier molecular flexibility index (Phi) is 7.77. The predicted molar refractivity (Wildman–Crippen MR) is 185 cm³/mol. The summed E-state index contributed by atoms with van der Waals surface area (Å²) in [5.74, 6) is -3.88. The number of phenols is 1. The summed E-state index contributed by atoms with van der Waals surface area (Å²) in [6.45, 7) is 7.55. The first-order valence-electron chi connectivity index (χ1n) is 16.8. The van der Waals surface area contributed by atoms with E-state index in [1.807, 2.05) is 101 Å². The lowest BCUT2D eigenvalue weighted by Gasteiger charge is -2.49. The van der Waals surface area contributed by atoms with Gasteiger partial charge in [-0.2, -0.15) is 5.01 Å². The zero-order valence-corrected chi connectivity index (χ0v) is 28.3. The third-order valence-electron chi connectivity index (χ3n) is 10.8. The number of carbonyl (C=O) groups is 4. The Morgan fingerprint density at radius 2 is 1.63 bits per heavy atom. The Labute approximate surface area is 286 Å². The summed E-state index contributed by atoms with van der Waals surface area (Å²) >= 11 is 0.